The molecular formula is C9H14Cl2OPS+. The Kier molecular flexibility index (Phi) is 4.52. The van der Waals surface area contributed by atoms with Gasteiger partial charge in [0, 0.05) is 12.6 Å². The van der Waals surface area contributed by atoms with E-state index in [1.807, 2.05) is 0 Å². The van der Waals surface area contributed by atoms with Crippen molar-refractivity contribution in [1.82, 2.24) is 0 Å². The topological polar surface area (TPSA) is 17.1 Å². The smallest absolute Gasteiger partial charge is 0.253 e. The van der Waals surface area contributed by atoms with Crippen molar-refractivity contribution in [2.45, 2.75) is 25.5 Å². The molecule has 1 aromatic heterocycles. The molecule has 80 valence electrons. The summed E-state index contributed by atoms with van der Waals surface area (Å²) in [6, 6.07) is 4.15. The molecule has 5 heteroatoms. The summed E-state index contributed by atoms with van der Waals surface area (Å²) in [6.45, 7) is 4.38. The molecule has 0 saturated heterocycles. The van der Waals surface area contributed by atoms with Gasteiger partial charge in [-0.05, 0) is 58.9 Å². The molecule has 1 unspecified atom stereocenters. The molecule has 0 saturated carbocycles. The Labute approximate surface area is 97.3 Å². The normalized spacial score (nSPS) is 13.6. The van der Waals surface area contributed by atoms with E-state index in [4.69, 9.17) is 22.5 Å². The highest BCUT2D eigenvalue weighted by molar-refractivity contribution is 8.08. The second kappa shape index (κ2) is 5.03. The lowest BCUT2D eigenvalue weighted by atomic mass is 10.4. The van der Waals surface area contributed by atoms with Crippen LogP contribution in [0.5, 0.6) is 0 Å². The summed E-state index contributed by atoms with van der Waals surface area (Å²) in [7, 11) is 0.191. The van der Waals surface area contributed by atoms with Gasteiger partial charge in [0.2, 0.25) is 0 Å². The van der Waals surface area contributed by atoms with Crippen LogP contribution in [-0.4, -0.2) is 6.16 Å². The predicted molar refractivity (Wildman–Crippen MR) is 67.2 cm³/mol. The third-order valence-electron chi connectivity index (χ3n) is 1.94. The molecule has 0 spiro atoms. The Morgan fingerprint density at radius 2 is 2.14 bits per heavy atom. The second-order valence-electron chi connectivity index (χ2n) is 3.43. The number of hydrogen-bond donors (Lipinski definition) is 0. The van der Waals surface area contributed by atoms with Gasteiger partial charge in [0.25, 0.3) is 5.85 Å². The van der Waals surface area contributed by atoms with Gasteiger partial charge in [0.15, 0.2) is 4.88 Å². The van der Waals surface area contributed by atoms with Crippen LogP contribution in [0.15, 0.2) is 17.5 Å². The van der Waals surface area contributed by atoms with Crippen LogP contribution in [0.1, 0.15) is 24.0 Å². The average Bonchev–Trinajstić information content (AvgIpc) is 2.46. The van der Waals surface area contributed by atoms with E-state index in [1.165, 1.54) is 4.88 Å². The molecule has 1 atom stereocenters. The van der Waals surface area contributed by atoms with Gasteiger partial charge in [-0.1, -0.05) is 0 Å². The van der Waals surface area contributed by atoms with Crippen molar-refractivity contribution in [1.29, 1.82) is 0 Å². The van der Waals surface area contributed by atoms with E-state index >= 15 is 0 Å². The Bertz CT molecular complexity index is 342. The first-order valence-corrected chi connectivity index (χ1v) is 9.53. The standard InChI is InChI=1S/C9H14Cl2OPS/c1-8(2)14-7-3-4-9(14)5-6-13(10,11)12/h3-4,7-8H,5-6H2,1-2H3/q+1. The quantitative estimate of drug-likeness (QED) is 0.541. The first-order chi connectivity index (χ1) is 6.40. The summed E-state index contributed by atoms with van der Waals surface area (Å²) < 4.78 is 11.1. The van der Waals surface area contributed by atoms with Crippen LogP contribution < -0.4 is 0 Å². The number of rotatable bonds is 4. The monoisotopic (exact) mass is 271 g/mol. The molecule has 1 heterocycles. The average molecular weight is 272 g/mol. The first-order valence-electron chi connectivity index (χ1n) is 4.48. The Balaban J connectivity index is 2.68. The fourth-order valence-electron chi connectivity index (χ4n) is 1.30. The molecule has 0 aliphatic heterocycles. The maximum absolute atomic E-state index is 11.1. The molecule has 0 fully saturated rings. The molecular weight excluding hydrogens is 258 g/mol. The van der Waals surface area contributed by atoms with Gasteiger partial charge < -0.3 is 0 Å². The minimum absolute atomic E-state index is 0.191. The summed E-state index contributed by atoms with van der Waals surface area (Å²) in [5.41, 5.74) is 0. The number of aryl methyl sites for hydroxylation is 1. The minimum atomic E-state index is -2.89. The lowest BCUT2D eigenvalue weighted by Gasteiger charge is -2.00. The summed E-state index contributed by atoms with van der Waals surface area (Å²) in [5, 5.41) is 2.80. The molecule has 0 N–H and O–H groups in total. The molecule has 0 radical (unpaired) electrons. The van der Waals surface area contributed by atoms with Gasteiger partial charge in [-0.2, -0.15) is 0 Å². The van der Waals surface area contributed by atoms with Crippen LogP contribution in [0.2, 0.25) is 0 Å². The van der Waals surface area contributed by atoms with E-state index in [1.54, 1.807) is 0 Å². The lowest BCUT2D eigenvalue weighted by Crippen LogP contribution is -1.88. The zero-order valence-electron chi connectivity index (χ0n) is 8.24. The van der Waals surface area contributed by atoms with Crippen LogP contribution in [0.25, 0.3) is 0 Å². The molecule has 1 rings (SSSR count). The lowest BCUT2D eigenvalue weighted by molar-refractivity contribution is 0.592. The molecule has 0 aliphatic rings. The Morgan fingerprint density at radius 3 is 2.64 bits per heavy atom. The first kappa shape index (κ1) is 12.6. The maximum atomic E-state index is 11.1. The van der Waals surface area contributed by atoms with Gasteiger partial charge in [0.05, 0.1) is 0 Å². The van der Waals surface area contributed by atoms with Crippen molar-refractivity contribution in [2.24, 2.45) is 0 Å². The van der Waals surface area contributed by atoms with Crippen molar-refractivity contribution in [3.05, 3.63) is 22.4 Å². The minimum Gasteiger partial charge on any atom is -0.289 e. The van der Waals surface area contributed by atoms with E-state index in [-0.39, 0.29) is 10.5 Å². The highest BCUT2D eigenvalue weighted by Gasteiger charge is 2.20. The zero-order chi connectivity index (χ0) is 10.8. The third-order valence-corrected chi connectivity index (χ3v) is 6.11. The van der Waals surface area contributed by atoms with E-state index in [9.17, 15) is 4.57 Å². The van der Waals surface area contributed by atoms with Gasteiger partial charge in [0.1, 0.15) is 10.6 Å². The van der Waals surface area contributed by atoms with Crippen LogP contribution >= 0.6 is 38.8 Å². The van der Waals surface area contributed by atoms with Crippen molar-refractivity contribution in [2.75, 3.05) is 6.16 Å². The third kappa shape index (κ3) is 3.94. The molecule has 0 aromatic carbocycles. The molecule has 1 nitrogen and oxygen atoms in total. The molecule has 1 aromatic rings. The summed E-state index contributed by atoms with van der Waals surface area (Å²) >= 11 is 11.0. The molecule has 14 heavy (non-hydrogen) atoms. The van der Waals surface area contributed by atoms with Gasteiger partial charge >= 0.3 is 0 Å². The summed E-state index contributed by atoms with van der Waals surface area (Å²) in [4.78, 5) is 1.32. The number of halogens is 2. The summed E-state index contributed by atoms with van der Waals surface area (Å²) in [6.07, 6.45) is 1.14. The fraction of sp³-hybridized carbons (Fsp3) is 0.556. The predicted octanol–water partition coefficient (Wildman–Crippen LogP) is 5.23. The zero-order valence-corrected chi connectivity index (χ0v) is 11.5. The second-order valence-corrected chi connectivity index (χ2v) is 11.3. The highest BCUT2D eigenvalue weighted by Crippen LogP contribution is 2.57. The van der Waals surface area contributed by atoms with Crippen molar-refractivity contribution in [3.63, 3.8) is 0 Å². The number of thiophene rings is 1. The van der Waals surface area contributed by atoms with Gasteiger partial charge in [-0.15, -0.1) is 0 Å². The Morgan fingerprint density at radius 1 is 1.50 bits per heavy atom. The van der Waals surface area contributed by atoms with E-state index < -0.39 is 5.85 Å². The van der Waals surface area contributed by atoms with Crippen LogP contribution in [-0.2, 0) is 11.0 Å². The van der Waals surface area contributed by atoms with Crippen LogP contribution in [0.3, 0.4) is 0 Å². The molecule has 0 aliphatic carbocycles. The number of hydrogen-bond acceptors (Lipinski definition) is 1. The van der Waals surface area contributed by atoms with E-state index in [2.05, 4.69) is 31.4 Å². The highest BCUT2D eigenvalue weighted by atomic mass is 35.9. The summed E-state index contributed by atoms with van der Waals surface area (Å²) in [5.74, 6) is -2.89. The van der Waals surface area contributed by atoms with Crippen LogP contribution in [0, 0.1) is 0 Å². The molecule has 0 bridgehead atoms. The molecule has 0 amide bonds. The van der Waals surface area contributed by atoms with Crippen molar-refractivity contribution in [3.8, 4) is 0 Å². The largest absolute Gasteiger partial charge is 0.289 e. The van der Waals surface area contributed by atoms with Gasteiger partial charge in [-0.3, -0.25) is 4.57 Å². The maximum Gasteiger partial charge on any atom is 0.253 e. The SMILES string of the molecule is CC(C)[s+]1cccc1CCP(=O)(Cl)Cl. The van der Waals surface area contributed by atoms with E-state index in [0.29, 0.717) is 11.4 Å². The Hall–Kier alpha value is 0.510. The van der Waals surface area contributed by atoms with Crippen molar-refractivity contribution >= 4 is 38.8 Å². The van der Waals surface area contributed by atoms with Crippen molar-refractivity contribution < 1.29 is 4.57 Å². The fourth-order valence-corrected chi connectivity index (χ4v) is 4.37. The van der Waals surface area contributed by atoms with Gasteiger partial charge in [-0.25, -0.2) is 0 Å². The van der Waals surface area contributed by atoms with E-state index in [0.717, 1.165) is 6.42 Å². The van der Waals surface area contributed by atoms with Crippen LogP contribution in [0.4, 0.5) is 0 Å².